The molecule has 15 heavy (non-hydrogen) atoms. The van der Waals surface area contributed by atoms with Crippen molar-refractivity contribution >= 4 is 5.97 Å². The minimum absolute atomic E-state index is 0.0717. The van der Waals surface area contributed by atoms with Gasteiger partial charge in [-0.1, -0.05) is 0 Å². The summed E-state index contributed by atoms with van der Waals surface area (Å²) in [6.07, 6.45) is 2.00. The van der Waals surface area contributed by atoms with Gasteiger partial charge < -0.3 is 10.5 Å². The Morgan fingerprint density at radius 1 is 1.67 bits per heavy atom. The van der Waals surface area contributed by atoms with Crippen LogP contribution in [0.1, 0.15) is 36.2 Å². The van der Waals surface area contributed by atoms with Gasteiger partial charge in [0.05, 0.1) is 6.61 Å². The fraction of sp³-hybridized carbons (Fsp3) is 0.667. The first-order valence-corrected chi connectivity index (χ1v) is 5.02. The van der Waals surface area contributed by atoms with Crippen LogP contribution in [0.15, 0.2) is 0 Å². The lowest BCUT2D eigenvalue weighted by atomic mass is 10.1. The number of rotatable bonds is 4. The molecule has 2 rings (SSSR count). The molecule has 0 bridgehead atoms. The minimum atomic E-state index is -0.493. The Hall–Kier alpha value is -1.43. The predicted octanol–water partition coefficient (Wildman–Crippen LogP) is -0.0283. The van der Waals surface area contributed by atoms with Gasteiger partial charge in [-0.15, -0.1) is 5.10 Å². The fourth-order valence-corrected chi connectivity index (χ4v) is 1.47. The number of esters is 1. The first kappa shape index (κ1) is 10.1. The van der Waals surface area contributed by atoms with E-state index >= 15 is 0 Å². The largest absolute Gasteiger partial charge is 0.460 e. The summed E-state index contributed by atoms with van der Waals surface area (Å²) in [7, 11) is 0. The Bertz CT molecular complexity index is 370. The number of H-pyrrole nitrogens is 1. The van der Waals surface area contributed by atoms with E-state index in [0.29, 0.717) is 19.0 Å². The molecule has 1 saturated carbocycles. The van der Waals surface area contributed by atoms with Crippen molar-refractivity contribution in [2.75, 3.05) is 13.2 Å². The molecule has 6 nitrogen and oxygen atoms in total. The molecule has 6 heteroatoms. The van der Waals surface area contributed by atoms with Crippen LogP contribution < -0.4 is 5.73 Å². The van der Waals surface area contributed by atoms with E-state index in [1.807, 2.05) is 0 Å². The highest BCUT2D eigenvalue weighted by Gasteiger charge is 2.46. The van der Waals surface area contributed by atoms with Crippen LogP contribution in [-0.2, 0) is 10.2 Å². The van der Waals surface area contributed by atoms with Crippen molar-refractivity contribution in [2.45, 2.75) is 25.2 Å². The zero-order chi connectivity index (χ0) is 10.9. The third kappa shape index (κ3) is 1.72. The summed E-state index contributed by atoms with van der Waals surface area (Å²) in [6.45, 7) is 2.60. The van der Waals surface area contributed by atoms with Gasteiger partial charge in [0.15, 0.2) is 0 Å². The maximum absolute atomic E-state index is 11.3. The molecule has 3 N–H and O–H groups in total. The van der Waals surface area contributed by atoms with Gasteiger partial charge >= 0.3 is 5.97 Å². The van der Waals surface area contributed by atoms with Gasteiger partial charge in [0.25, 0.3) is 5.82 Å². The standard InChI is InChI=1S/C9H14N4O2/c1-2-15-7(14)6-11-8(13-12-6)9(5-10)3-4-9/h2-5,10H2,1H3,(H,11,12,13). The first-order valence-electron chi connectivity index (χ1n) is 5.02. The van der Waals surface area contributed by atoms with Gasteiger partial charge in [0.2, 0.25) is 0 Å². The lowest BCUT2D eigenvalue weighted by molar-refractivity contribution is 0.0512. The number of nitrogens with zero attached hydrogens (tertiary/aromatic N) is 2. The molecule has 1 aromatic heterocycles. The van der Waals surface area contributed by atoms with Crippen LogP contribution in [0.4, 0.5) is 0 Å². The summed E-state index contributed by atoms with van der Waals surface area (Å²) >= 11 is 0. The number of nitrogens with two attached hydrogens (primary N) is 1. The van der Waals surface area contributed by atoms with Crippen LogP contribution in [0.2, 0.25) is 0 Å². The average molecular weight is 210 g/mol. The zero-order valence-electron chi connectivity index (χ0n) is 8.62. The van der Waals surface area contributed by atoms with Crippen LogP contribution >= 0.6 is 0 Å². The van der Waals surface area contributed by atoms with Crippen LogP contribution in [0.25, 0.3) is 0 Å². The average Bonchev–Trinajstić information content (AvgIpc) is 2.88. The van der Waals surface area contributed by atoms with Crippen molar-refractivity contribution in [1.82, 2.24) is 15.2 Å². The number of hydrogen-bond donors (Lipinski definition) is 2. The third-order valence-electron chi connectivity index (χ3n) is 2.69. The molecule has 0 radical (unpaired) electrons. The van der Waals surface area contributed by atoms with E-state index in [0.717, 1.165) is 12.8 Å². The maximum Gasteiger partial charge on any atom is 0.378 e. The van der Waals surface area contributed by atoms with Gasteiger partial charge in [-0.3, -0.25) is 5.10 Å². The molecule has 1 heterocycles. The molecule has 1 aliphatic carbocycles. The van der Waals surface area contributed by atoms with E-state index in [2.05, 4.69) is 15.2 Å². The molecular formula is C9H14N4O2. The lowest BCUT2D eigenvalue weighted by Gasteiger charge is -2.05. The number of aromatic nitrogens is 3. The fourth-order valence-electron chi connectivity index (χ4n) is 1.47. The van der Waals surface area contributed by atoms with Gasteiger partial charge in [0.1, 0.15) is 5.82 Å². The van der Waals surface area contributed by atoms with Gasteiger partial charge in [-0.25, -0.2) is 9.78 Å². The van der Waals surface area contributed by atoms with Crippen molar-refractivity contribution in [3.05, 3.63) is 11.6 Å². The van der Waals surface area contributed by atoms with Crippen molar-refractivity contribution in [2.24, 2.45) is 5.73 Å². The molecule has 0 spiro atoms. The monoisotopic (exact) mass is 210 g/mol. The topological polar surface area (TPSA) is 93.9 Å². The highest BCUT2D eigenvalue weighted by molar-refractivity contribution is 5.84. The normalized spacial score (nSPS) is 17.5. The number of hydrogen-bond acceptors (Lipinski definition) is 5. The Kier molecular flexibility index (Phi) is 2.44. The van der Waals surface area contributed by atoms with Gasteiger partial charge in [0, 0.05) is 12.0 Å². The predicted molar refractivity (Wildman–Crippen MR) is 52.3 cm³/mol. The second-order valence-electron chi connectivity index (χ2n) is 3.71. The summed E-state index contributed by atoms with van der Waals surface area (Å²) in [5.41, 5.74) is 5.57. The molecule has 0 saturated heterocycles. The maximum atomic E-state index is 11.3. The minimum Gasteiger partial charge on any atom is -0.460 e. The summed E-state index contributed by atoms with van der Waals surface area (Å²) in [5.74, 6) is 0.299. The number of carbonyl (C=O) groups excluding carboxylic acids is 1. The van der Waals surface area contributed by atoms with Crippen molar-refractivity contribution in [1.29, 1.82) is 0 Å². The smallest absolute Gasteiger partial charge is 0.378 e. The number of nitrogens with one attached hydrogen (secondary N) is 1. The highest BCUT2D eigenvalue weighted by Crippen LogP contribution is 2.45. The molecule has 0 aliphatic heterocycles. The van der Waals surface area contributed by atoms with E-state index in [4.69, 9.17) is 10.5 Å². The summed E-state index contributed by atoms with van der Waals surface area (Å²) in [6, 6.07) is 0. The van der Waals surface area contributed by atoms with Crippen LogP contribution in [0.3, 0.4) is 0 Å². The molecule has 1 aliphatic rings. The molecule has 0 unspecified atom stereocenters. The summed E-state index contributed by atoms with van der Waals surface area (Å²) < 4.78 is 4.79. The lowest BCUT2D eigenvalue weighted by Crippen LogP contribution is -2.21. The molecule has 0 aromatic carbocycles. The second-order valence-corrected chi connectivity index (χ2v) is 3.71. The van der Waals surface area contributed by atoms with E-state index < -0.39 is 5.97 Å². The van der Waals surface area contributed by atoms with Gasteiger partial charge in [-0.05, 0) is 19.8 Å². The number of aromatic amines is 1. The SMILES string of the molecule is CCOC(=O)c1n[nH]c(C2(CN)CC2)n1. The Labute approximate surface area is 87.2 Å². The molecular weight excluding hydrogens is 196 g/mol. The Morgan fingerprint density at radius 3 is 2.93 bits per heavy atom. The molecule has 0 amide bonds. The Morgan fingerprint density at radius 2 is 2.40 bits per heavy atom. The molecule has 1 aromatic rings. The summed E-state index contributed by atoms with van der Waals surface area (Å²) in [5, 5.41) is 6.58. The number of carbonyl (C=O) groups is 1. The first-order chi connectivity index (χ1) is 7.22. The van der Waals surface area contributed by atoms with E-state index in [9.17, 15) is 4.79 Å². The summed E-state index contributed by atoms with van der Waals surface area (Å²) in [4.78, 5) is 15.4. The van der Waals surface area contributed by atoms with E-state index in [1.165, 1.54) is 0 Å². The Balaban J connectivity index is 2.14. The van der Waals surface area contributed by atoms with Crippen LogP contribution in [0, 0.1) is 0 Å². The van der Waals surface area contributed by atoms with Gasteiger partial charge in [-0.2, -0.15) is 0 Å². The quantitative estimate of drug-likeness (QED) is 0.681. The van der Waals surface area contributed by atoms with Crippen LogP contribution in [0.5, 0.6) is 0 Å². The molecule has 0 atom stereocenters. The zero-order valence-corrected chi connectivity index (χ0v) is 8.62. The number of ether oxygens (including phenoxy) is 1. The van der Waals surface area contributed by atoms with Crippen LogP contribution in [-0.4, -0.2) is 34.3 Å². The van der Waals surface area contributed by atoms with E-state index in [-0.39, 0.29) is 11.2 Å². The second kappa shape index (κ2) is 3.62. The van der Waals surface area contributed by atoms with Crippen molar-refractivity contribution in [3.8, 4) is 0 Å². The van der Waals surface area contributed by atoms with Crippen molar-refractivity contribution in [3.63, 3.8) is 0 Å². The highest BCUT2D eigenvalue weighted by atomic mass is 16.5. The third-order valence-corrected chi connectivity index (χ3v) is 2.69. The van der Waals surface area contributed by atoms with E-state index in [1.54, 1.807) is 6.92 Å². The molecule has 1 fully saturated rings. The molecule has 82 valence electrons. The van der Waals surface area contributed by atoms with Crippen molar-refractivity contribution < 1.29 is 9.53 Å².